The molecular weight excluding hydrogens is 801 g/mol. The number of benzene rings is 8. The number of aromatic nitrogens is 2. The zero-order valence-corrected chi connectivity index (χ0v) is 37.3. The number of hydrogen-bond donors (Lipinski definition) is 0. The molecule has 4 nitrogen and oxygen atoms in total. The monoisotopic (exact) mass is 850 g/mol. The van der Waals surface area contributed by atoms with Gasteiger partial charge in [-0.25, -0.2) is 0 Å². The molecule has 0 radical (unpaired) electrons. The first kappa shape index (κ1) is 40.4. The molecule has 0 saturated carbocycles. The number of allylic oxidation sites excluding steroid dienone is 5. The maximum Gasteiger partial charge on any atom is 0.0542 e. The third-order valence-electron chi connectivity index (χ3n) is 13.0. The van der Waals surface area contributed by atoms with E-state index in [2.05, 4.69) is 270 Å². The van der Waals surface area contributed by atoms with Gasteiger partial charge >= 0.3 is 0 Å². The van der Waals surface area contributed by atoms with Crippen LogP contribution in [0.3, 0.4) is 0 Å². The van der Waals surface area contributed by atoms with Gasteiger partial charge in [0.15, 0.2) is 0 Å². The molecule has 1 aliphatic carbocycles. The van der Waals surface area contributed by atoms with E-state index in [-0.39, 0.29) is 0 Å². The molecule has 0 saturated heterocycles. The minimum atomic E-state index is 0.910. The number of nitrogens with zero attached hydrogens (tertiary/aromatic N) is 4. The highest BCUT2D eigenvalue weighted by molar-refractivity contribution is 6.10. The molecule has 11 rings (SSSR count). The summed E-state index contributed by atoms with van der Waals surface area (Å²) in [5.74, 6) is 0. The van der Waals surface area contributed by atoms with Crippen LogP contribution in [0, 0.1) is 13.8 Å². The molecule has 0 spiro atoms. The zero-order valence-electron chi connectivity index (χ0n) is 37.3. The summed E-state index contributed by atoms with van der Waals surface area (Å²) >= 11 is 0. The Hall–Kier alpha value is -8.34. The van der Waals surface area contributed by atoms with Crippen molar-refractivity contribution >= 4 is 73.7 Å². The van der Waals surface area contributed by atoms with Crippen LogP contribution >= 0.6 is 0 Å². The van der Waals surface area contributed by atoms with Crippen molar-refractivity contribution in [2.75, 3.05) is 9.80 Å². The molecule has 1 aliphatic rings. The van der Waals surface area contributed by atoms with Crippen molar-refractivity contribution in [2.45, 2.75) is 26.7 Å². The summed E-state index contributed by atoms with van der Waals surface area (Å²) in [6.45, 7) is 8.82. The van der Waals surface area contributed by atoms with Crippen molar-refractivity contribution in [1.82, 2.24) is 9.13 Å². The SMILES string of the molecule is C=c1c(=CC=CN(c2ccc(C)cc2)c2ccc(C3=CC=C(N(c4ccc(C)cc4)c4ccc5c(c4)c4ccccc4n5-c4ccccc4)CC3)cc2)n(-c2ccccc2)c2ccccc12. The molecule has 0 bridgehead atoms. The minimum Gasteiger partial charge on any atom is -0.317 e. The van der Waals surface area contributed by atoms with Crippen molar-refractivity contribution in [3.8, 4) is 11.4 Å². The second kappa shape index (κ2) is 17.3. The summed E-state index contributed by atoms with van der Waals surface area (Å²) in [5.41, 5.74) is 16.7. The average molecular weight is 851 g/mol. The molecule has 0 atom stereocenters. The van der Waals surface area contributed by atoms with E-state index in [1.165, 1.54) is 49.8 Å². The lowest BCUT2D eigenvalue weighted by Crippen LogP contribution is -2.27. The summed E-state index contributed by atoms with van der Waals surface area (Å²) in [7, 11) is 0. The van der Waals surface area contributed by atoms with Crippen LogP contribution in [0.25, 0.3) is 62.3 Å². The first-order valence-corrected chi connectivity index (χ1v) is 22.8. The van der Waals surface area contributed by atoms with Crippen LogP contribution in [0.4, 0.5) is 22.7 Å². The number of anilines is 4. The van der Waals surface area contributed by atoms with Gasteiger partial charge in [-0.1, -0.05) is 133 Å². The van der Waals surface area contributed by atoms with E-state index < -0.39 is 0 Å². The molecule has 0 fully saturated rings. The lowest BCUT2D eigenvalue weighted by atomic mass is 9.94. The van der Waals surface area contributed by atoms with E-state index in [4.69, 9.17) is 0 Å². The summed E-state index contributed by atoms with van der Waals surface area (Å²) < 4.78 is 4.68. The fraction of sp³-hybridized carbons (Fsp3) is 0.0645. The molecule has 10 aromatic rings. The molecule has 0 aliphatic heterocycles. The van der Waals surface area contributed by atoms with E-state index in [0.717, 1.165) is 68.4 Å². The Balaban J connectivity index is 0.930. The maximum absolute atomic E-state index is 4.54. The largest absolute Gasteiger partial charge is 0.317 e. The molecule has 0 N–H and O–H groups in total. The number of rotatable bonds is 10. The van der Waals surface area contributed by atoms with E-state index >= 15 is 0 Å². The first-order valence-electron chi connectivity index (χ1n) is 22.8. The summed E-state index contributed by atoms with van der Waals surface area (Å²) in [6.07, 6.45) is 13.0. The van der Waals surface area contributed by atoms with Crippen LogP contribution in [0.2, 0.25) is 0 Å². The maximum atomic E-state index is 4.54. The van der Waals surface area contributed by atoms with Gasteiger partial charge in [0.05, 0.1) is 21.9 Å². The topological polar surface area (TPSA) is 16.3 Å². The molecular formula is C62H50N4. The Morgan fingerprint density at radius 3 is 1.64 bits per heavy atom. The van der Waals surface area contributed by atoms with Crippen molar-refractivity contribution in [2.24, 2.45) is 0 Å². The van der Waals surface area contributed by atoms with Gasteiger partial charge in [0.2, 0.25) is 0 Å². The number of fused-ring (bicyclic) bond motifs is 4. The Morgan fingerprint density at radius 2 is 1.00 bits per heavy atom. The van der Waals surface area contributed by atoms with Crippen molar-refractivity contribution in [1.29, 1.82) is 0 Å². The van der Waals surface area contributed by atoms with Gasteiger partial charge in [0.25, 0.3) is 0 Å². The lowest BCUT2D eigenvalue weighted by Gasteiger charge is -2.30. The summed E-state index contributed by atoms with van der Waals surface area (Å²) in [6, 6.07) is 72.1. The first-order chi connectivity index (χ1) is 32.5. The van der Waals surface area contributed by atoms with E-state index in [1.807, 2.05) is 0 Å². The van der Waals surface area contributed by atoms with Crippen molar-refractivity contribution < 1.29 is 0 Å². The smallest absolute Gasteiger partial charge is 0.0542 e. The zero-order chi connectivity index (χ0) is 44.6. The van der Waals surface area contributed by atoms with Crippen molar-refractivity contribution in [3.63, 3.8) is 0 Å². The molecule has 66 heavy (non-hydrogen) atoms. The Kier molecular flexibility index (Phi) is 10.6. The lowest BCUT2D eigenvalue weighted by molar-refractivity contribution is 0.930. The van der Waals surface area contributed by atoms with Gasteiger partial charge in [0, 0.05) is 67.4 Å². The standard InChI is InChI=1S/C62H50N4/c1-44-24-32-49(33-25-44)63(42-14-23-59-46(3)56-19-10-12-21-60(56)65(59)51-15-6-4-7-16-51)50-36-28-47(29-37-50)48-30-38-54(39-31-48)64(53-34-26-45(2)27-35-53)55-40-41-62-58(43-55)57-20-11-13-22-61(57)66(62)52-17-8-5-9-18-52/h4-30,32-38,40-43H,3,31,39H2,1-2H3. The Morgan fingerprint density at radius 1 is 0.470 bits per heavy atom. The molecule has 0 amide bonds. The predicted octanol–water partition coefficient (Wildman–Crippen LogP) is 14.8. The molecule has 4 heteroatoms. The van der Waals surface area contributed by atoms with Crippen LogP contribution in [0.1, 0.15) is 29.5 Å². The van der Waals surface area contributed by atoms with Crippen LogP contribution in [-0.4, -0.2) is 9.13 Å². The van der Waals surface area contributed by atoms with Gasteiger partial charge in [-0.3, -0.25) is 0 Å². The minimum absolute atomic E-state index is 0.910. The fourth-order valence-electron chi connectivity index (χ4n) is 9.62. The molecule has 318 valence electrons. The highest BCUT2D eigenvalue weighted by atomic mass is 15.2. The van der Waals surface area contributed by atoms with Crippen LogP contribution in [-0.2, 0) is 0 Å². The molecule has 8 aromatic carbocycles. The fourth-order valence-corrected chi connectivity index (χ4v) is 9.62. The second-order valence-corrected chi connectivity index (χ2v) is 17.2. The normalized spacial score (nSPS) is 13.2. The number of hydrogen-bond acceptors (Lipinski definition) is 2. The highest BCUT2D eigenvalue weighted by Gasteiger charge is 2.21. The quantitative estimate of drug-likeness (QED) is 0.136. The third-order valence-corrected chi connectivity index (χ3v) is 13.0. The third kappa shape index (κ3) is 7.52. The summed E-state index contributed by atoms with van der Waals surface area (Å²) in [5, 5.41) is 5.72. The van der Waals surface area contributed by atoms with Crippen LogP contribution in [0.5, 0.6) is 0 Å². The molecule has 0 unspecified atom stereocenters. The van der Waals surface area contributed by atoms with E-state index in [1.54, 1.807) is 0 Å². The van der Waals surface area contributed by atoms with Gasteiger partial charge < -0.3 is 18.9 Å². The van der Waals surface area contributed by atoms with Crippen LogP contribution < -0.4 is 20.4 Å². The van der Waals surface area contributed by atoms with Gasteiger partial charge in [-0.2, -0.15) is 0 Å². The van der Waals surface area contributed by atoms with Gasteiger partial charge in [-0.05, 0) is 147 Å². The van der Waals surface area contributed by atoms with Crippen molar-refractivity contribution in [3.05, 3.63) is 258 Å². The Labute approximate surface area is 386 Å². The molecule has 2 aromatic heterocycles. The van der Waals surface area contributed by atoms with Gasteiger partial charge in [0.1, 0.15) is 0 Å². The predicted molar refractivity (Wildman–Crippen MR) is 281 cm³/mol. The highest BCUT2D eigenvalue weighted by Crippen LogP contribution is 2.40. The number of para-hydroxylation sites is 4. The number of aryl methyl sites for hydroxylation is 2. The van der Waals surface area contributed by atoms with Gasteiger partial charge in [-0.15, -0.1) is 0 Å². The van der Waals surface area contributed by atoms with Crippen LogP contribution in [0.15, 0.2) is 230 Å². The average Bonchev–Trinajstić information content (AvgIpc) is 3.85. The second-order valence-electron chi connectivity index (χ2n) is 17.2. The van der Waals surface area contributed by atoms with E-state index in [0.29, 0.717) is 0 Å². The Bertz CT molecular complexity index is 3590. The van der Waals surface area contributed by atoms with E-state index in [9.17, 15) is 0 Å². The molecule has 2 heterocycles. The summed E-state index contributed by atoms with van der Waals surface area (Å²) in [4.78, 5) is 4.71.